The first-order valence-corrected chi connectivity index (χ1v) is 8.42. The van der Waals surface area contributed by atoms with Crippen molar-refractivity contribution in [1.82, 2.24) is 4.98 Å². The van der Waals surface area contributed by atoms with Crippen LogP contribution in [0.1, 0.15) is 26.3 Å². The summed E-state index contributed by atoms with van der Waals surface area (Å²) in [5.74, 6) is -0.479. The summed E-state index contributed by atoms with van der Waals surface area (Å²) in [4.78, 5) is 27.6. The molecular formula is C21H18N2O5. The summed E-state index contributed by atoms with van der Waals surface area (Å²) in [6.07, 6.45) is 3.00. The third-order valence-electron chi connectivity index (χ3n) is 3.99. The standard InChI is InChI=1S/C21H18N2O5/c1-27-18-5-3-2-4-16(18)13-28-19-7-6-15(21(25)26)12-17(19)23-20(24)14-8-10-22-11-9-14/h2-12H,13H2,1H3,(H,23,24)(H,25,26). The van der Waals surface area contributed by atoms with Gasteiger partial charge in [-0.1, -0.05) is 18.2 Å². The van der Waals surface area contributed by atoms with Crippen molar-refractivity contribution in [2.24, 2.45) is 0 Å². The van der Waals surface area contributed by atoms with Gasteiger partial charge in [-0.05, 0) is 36.4 Å². The van der Waals surface area contributed by atoms with Crippen molar-refractivity contribution in [2.75, 3.05) is 12.4 Å². The number of rotatable bonds is 7. The Bertz CT molecular complexity index is 989. The molecule has 2 N–H and O–H groups in total. The van der Waals surface area contributed by atoms with Crippen molar-refractivity contribution in [2.45, 2.75) is 6.61 Å². The van der Waals surface area contributed by atoms with E-state index in [1.165, 1.54) is 30.6 Å². The average Bonchev–Trinajstić information content (AvgIpc) is 2.73. The number of anilines is 1. The van der Waals surface area contributed by atoms with E-state index in [0.717, 1.165) is 5.56 Å². The molecule has 2 aromatic carbocycles. The maximum atomic E-state index is 12.5. The molecule has 3 rings (SSSR count). The van der Waals surface area contributed by atoms with Crippen molar-refractivity contribution < 1.29 is 24.2 Å². The fraction of sp³-hybridized carbons (Fsp3) is 0.0952. The quantitative estimate of drug-likeness (QED) is 0.652. The van der Waals surface area contributed by atoms with Crippen LogP contribution in [-0.2, 0) is 6.61 Å². The molecule has 1 heterocycles. The van der Waals surface area contributed by atoms with Crippen LogP contribution in [0.4, 0.5) is 5.69 Å². The van der Waals surface area contributed by atoms with Crippen LogP contribution < -0.4 is 14.8 Å². The molecule has 0 unspecified atom stereocenters. The number of hydrogen-bond donors (Lipinski definition) is 2. The van der Waals surface area contributed by atoms with E-state index in [-0.39, 0.29) is 17.9 Å². The van der Waals surface area contributed by atoms with Gasteiger partial charge in [0.15, 0.2) is 0 Å². The molecule has 0 spiro atoms. The minimum atomic E-state index is -1.10. The van der Waals surface area contributed by atoms with Gasteiger partial charge in [-0.3, -0.25) is 9.78 Å². The van der Waals surface area contributed by atoms with Crippen molar-refractivity contribution in [3.63, 3.8) is 0 Å². The molecule has 142 valence electrons. The third-order valence-corrected chi connectivity index (χ3v) is 3.99. The number of carboxylic acids is 1. The summed E-state index contributed by atoms with van der Waals surface area (Å²) >= 11 is 0. The number of amides is 1. The van der Waals surface area contributed by atoms with Gasteiger partial charge >= 0.3 is 5.97 Å². The first-order valence-electron chi connectivity index (χ1n) is 8.42. The molecule has 1 aromatic heterocycles. The number of methoxy groups -OCH3 is 1. The monoisotopic (exact) mass is 378 g/mol. The fourth-order valence-electron chi connectivity index (χ4n) is 2.56. The summed E-state index contributed by atoms with van der Waals surface area (Å²) in [5.41, 5.74) is 1.51. The Morgan fingerprint density at radius 1 is 1.00 bits per heavy atom. The number of carbonyl (C=O) groups excluding carboxylic acids is 1. The van der Waals surface area contributed by atoms with Gasteiger partial charge in [0.05, 0.1) is 18.4 Å². The van der Waals surface area contributed by atoms with Crippen molar-refractivity contribution >= 4 is 17.6 Å². The summed E-state index contributed by atoms with van der Waals surface area (Å²) in [7, 11) is 1.57. The lowest BCUT2D eigenvalue weighted by molar-refractivity contribution is 0.0696. The van der Waals surface area contributed by atoms with Gasteiger partial charge in [0, 0.05) is 23.5 Å². The molecule has 0 saturated carbocycles. The lowest BCUT2D eigenvalue weighted by Gasteiger charge is -2.15. The van der Waals surface area contributed by atoms with E-state index in [1.807, 2.05) is 24.3 Å². The van der Waals surface area contributed by atoms with Crippen LogP contribution in [0.5, 0.6) is 11.5 Å². The zero-order chi connectivity index (χ0) is 19.9. The van der Waals surface area contributed by atoms with Gasteiger partial charge in [0.25, 0.3) is 5.91 Å². The maximum Gasteiger partial charge on any atom is 0.335 e. The number of aromatic nitrogens is 1. The lowest BCUT2D eigenvalue weighted by atomic mass is 10.1. The predicted molar refractivity (Wildman–Crippen MR) is 103 cm³/mol. The number of ether oxygens (including phenoxy) is 2. The number of aromatic carboxylic acids is 1. The third kappa shape index (κ3) is 4.45. The van der Waals surface area contributed by atoms with Gasteiger partial charge < -0.3 is 19.9 Å². The van der Waals surface area contributed by atoms with Crippen LogP contribution >= 0.6 is 0 Å². The molecule has 3 aromatic rings. The molecule has 0 aliphatic carbocycles. The minimum Gasteiger partial charge on any atom is -0.496 e. The SMILES string of the molecule is COc1ccccc1COc1ccc(C(=O)O)cc1NC(=O)c1ccncc1. The Labute approximate surface area is 161 Å². The minimum absolute atomic E-state index is 0.0367. The topological polar surface area (TPSA) is 97.8 Å². The molecule has 0 aliphatic heterocycles. The molecule has 7 nitrogen and oxygen atoms in total. The highest BCUT2D eigenvalue weighted by atomic mass is 16.5. The first kappa shape index (κ1) is 18.9. The van der Waals surface area contributed by atoms with Crippen molar-refractivity contribution in [3.05, 3.63) is 83.7 Å². The van der Waals surface area contributed by atoms with Gasteiger partial charge in [-0.15, -0.1) is 0 Å². The summed E-state index contributed by atoms with van der Waals surface area (Å²) in [6.45, 7) is 0.189. The molecule has 7 heteroatoms. The van der Waals surface area contributed by atoms with Crippen molar-refractivity contribution in [1.29, 1.82) is 0 Å². The smallest absolute Gasteiger partial charge is 0.335 e. The Hall–Kier alpha value is -3.87. The first-order chi connectivity index (χ1) is 13.6. The Kier molecular flexibility index (Phi) is 5.86. The van der Waals surface area contributed by atoms with Crippen LogP contribution in [0.3, 0.4) is 0 Å². The van der Waals surface area contributed by atoms with Gasteiger partial charge in [0.2, 0.25) is 0 Å². The number of para-hydroxylation sites is 1. The average molecular weight is 378 g/mol. The van der Waals surface area contributed by atoms with E-state index in [4.69, 9.17) is 9.47 Å². The fourth-order valence-corrected chi connectivity index (χ4v) is 2.56. The molecule has 0 bridgehead atoms. The zero-order valence-corrected chi connectivity index (χ0v) is 15.1. The molecule has 28 heavy (non-hydrogen) atoms. The molecular weight excluding hydrogens is 360 g/mol. The lowest BCUT2D eigenvalue weighted by Crippen LogP contribution is -2.14. The molecule has 0 radical (unpaired) electrons. The molecule has 1 amide bonds. The van der Waals surface area contributed by atoms with E-state index in [1.54, 1.807) is 19.2 Å². The highest BCUT2D eigenvalue weighted by Crippen LogP contribution is 2.29. The number of hydrogen-bond acceptors (Lipinski definition) is 5. The van der Waals surface area contributed by atoms with E-state index in [0.29, 0.717) is 17.1 Å². The number of carboxylic acid groups (broad SMARTS) is 1. The van der Waals surface area contributed by atoms with Gasteiger partial charge in [-0.2, -0.15) is 0 Å². The number of nitrogens with zero attached hydrogens (tertiary/aromatic N) is 1. The molecule has 0 fully saturated rings. The van der Waals surface area contributed by atoms with Crippen LogP contribution in [0.2, 0.25) is 0 Å². The summed E-state index contributed by atoms with van der Waals surface area (Å²) < 4.78 is 11.1. The Morgan fingerprint density at radius 3 is 2.46 bits per heavy atom. The van der Waals surface area contributed by atoms with Gasteiger partial charge in [-0.25, -0.2) is 4.79 Å². The highest BCUT2D eigenvalue weighted by molar-refractivity contribution is 6.05. The molecule has 0 aliphatic rings. The summed E-state index contributed by atoms with van der Waals surface area (Å²) in [5, 5.41) is 11.9. The largest absolute Gasteiger partial charge is 0.496 e. The number of nitrogens with one attached hydrogen (secondary N) is 1. The van der Waals surface area contributed by atoms with Crippen LogP contribution in [0.25, 0.3) is 0 Å². The van der Waals surface area contributed by atoms with E-state index < -0.39 is 11.9 Å². The second-order valence-electron chi connectivity index (χ2n) is 5.81. The maximum absolute atomic E-state index is 12.5. The number of carbonyl (C=O) groups is 2. The number of pyridine rings is 1. The second kappa shape index (κ2) is 8.68. The van der Waals surface area contributed by atoms with Crippen molar-refractivity contribution in [3.8, 4) is 11.5 Å². The predicted octanol–water partition coefficient (Wildman–Crippen LogP) is 3.62. The number of benzene rings is 2. The molecule has 0 saturated heterocycles. The zero-order valence-electron chi connectivity index (χ0n) is 15.1. The van der Waals surface area contributed by atoms with E-state index in [2.05, 4.69) is 10.3 Å². The highest BCUT2D eigenvalue weighted by Gasteiger charge is 2.14. The normalized spacial score (nSPS) is 10.2. The second-order valence-corrected chi connectivity index (χ2v) is 5.81. The van der Waals surface area contributed by atoms with Gasteiger partial charge in [0.1, 0.15) is 18.1 Å². The molecule has 0 atom stereocenters. The van der Waals surface area contributed by atoms with Crippen LogP contribution in [0.15, 0.2) is 67.0 Å². The Morgan fingerprint density at radius 2 is 1.75 bits per heavy atom. The Balaban J connectivity index is 1.85. The summed E-state index contributed by atoms with van der Waals surface area (Å²) in [6, 6.07) is 14.8. The van der Waals surface area contributed by atoms with E-state index in [9.17, 15) is 14.7 Å². The van der Waals surface area contributed by atoms with Crippen LogP contribution in [0, 0.1) is 0 Å². The van der Waals surface area contributed by atoms with Crippen LogP contribution in [-0.4, -0.2) is 29.1 Å². The van der Waals surface area contributed by atoms with E-state index >= 15 is 0 Å².